The topological polar surface area (TPSA) is 27.7 Å². The predicted octanol–water partition coefficient (Wildman–Crippen LogP) is 3.77. The van der Waals surface area contributed by atoms with E-state index in [2.05, 4.69) is 38.1 Å². The molecule has 1 aromatic rings. The van der Waals surface area contributed by atoms with Gasteiger partial charge in [-0.2, -0.15) is 0 Å². The van der Waals surface area contributed by atoms with Gasteiger partial charge in [-0.25, -0.2) is 0 Å². The number of benzene rings is 1. The summed E-state index contributed by atoms with van der Waals surface area (Å²) in [4.78, 5) is 0. The number of rotatable bonds is 4. The molecule has 21 heavy (non-hydrogen) atoms. The van der Waals surface area contributed by atoms with Crippen LogP contribution in [0.25, 0.3) is 0 Å². The zero-order chi connectivity index (χ0) is 14.8. The van der Waals surface area contributed by atoms with Gasteiger partial charge >= 0.3 is 0 Å². The van der Waals surface area contributed by atoms with Gasteiger partial charge in [0, 0.05) is 12.8 Å². The summed E-state index contributed by atoms with van der Waals surface area (Å²) in [5.74, 6) is 0.263. The zero-order valence-corrected chi connectivity index (χ0v) is 13.1. The lowest BCUT2D eigenvalue weighted by molar-refractivity contribution is -0.212. The van der Waals surface area contributed by atoms with Crippen LogP contribution in [0.15, 0.2) is 30.3 Å². The first-order valence-electron chi connectivity index (χ1n) is 7.99. The maximum atomic E-state index is 5.96. The first-order valence-corrected chi connectivity index (χ1v) is 7.99. The molecule has 0 amide bonds. The van der Waals surface area contributed by atoms with Gasteiger partial charge in [-0.3, -0.25) is 0 Å². The summed E-state index contributed by atoms with van der Waals surface area (Å²) < 4.78 is 17.7. The fraction of sp³-hybridized carbons (Fsp3) is 0.667. The van der Waals surface area contributed by atoms with Crippen molar-refractivity contribution in [3.05, 3.63) is 35.9 Å². The molecular weight excluding hydrogens is 264 g/mol. The van der Waals surface area contributed by atoms with Crippen molar-refractivity contribution in [2.75, 3.05) is 19.8 Å². The molecular formula is C18H26O3. The monoisotopic (exact) mass is 290 g/mol. The van der Waals surface area contributed by atoms with Gasteiger partial charge in [0.2, 0.25) is 0 Å². The van der Waals surface area contributed by atoms with Gasteiger partial charge in [0.15, 0.2) is 5.79 Å². The van der Waals surface area contributed by atoms with Crippen LogP contribution in [0.3, 0.4) is 0 Å². The van der Waals surface area contributed by atoms with Crippen LogP contribution >= 0.6 is 0 Å². The lowest BCUT2D eigenvalue weighted by Gasteiger charge is -2.46. The molecule has 1 saturated carbocycles. The summed E-state index contributed by atoms with van der Waals surface area (Å²) >= 11 is 0. The van der Waals surface area contributed by atoms with Crippen LogP contribution in [0.1, 0.15) is 38.7 Å². The molecule has 1 saturated heterocycles. The second-order valence-corrected chi connectivity index (χ2v) is 7.01. The molecule has 1 spiro atoms. The van der Waals surface area contributed by atoms with E-state index < -0.39 is 0 Å². The molecule has 1 aromatic carbocycles. The van der Waals surface area contributed by atoms with Crippen molar-refractivity contribution in [3.63, 3.8) is 0 Å². The van der Waals surface area contributed by atoms with Gasteiger partial charge < -0.3 is 14.2 Å². The molecule has 0 aromatic heterocycles. The van der Waals surface area contributed by atoms with Crippen LogP contribution in [-0.4, -0.2) is 25.6 Å². The molecule has 3 nitrogen and oxygen atoms in total. The molecule has 1 atom stereocenters. The Labute approximate surface area is 127 Å². The van der Waals surface area contributed by atoms with E-state index in [1.807, 2.05) is 6.07 Å². The number of ether oxygens (including phenoxy) is 3. The van der Waals surface area contributed by atoms with Crippen LogP contribution in [0, 0.1) is 11.3 Å². The number of hydrogen-bond acceptors (Lipinski definition) is 3. The predicted molar refractivity (Wildman–Crippen MR) is 81.9 cm³/mol. The van der Waals surface area contributed by atoms with Crippen molar-refractivity contribution in [2.24, 2.45) is 11.3 Å². The molecule has 0 radical (unpaired) electrons. The van der Waals surface area contributed by atoms with E-state index in [9.17, 15) is 0 Å². The Morgan fingerprint density at radius 2 is 1.86 bits per heavy atom. The minimum Gasteiger partial charge on any atom is -0.376 e. The van der Waals surface area contributed by atoms with Crippen LogP contribution in [0.4, 0.5) is 0 Å². The highest BCUT2D eigenvalue weighted by Gasteiger charge is 2.48. The quantitative estimate of drug-likeness (QED) is 0.844. The Kier molecular flexibility index (Phi) is 4.34. The van der Waals surface area contributed by atoms with Crippen LogP contribution < -0.4 is 0 Å². The smallest absolute Gasteiger partial charge is 0.169 e. The van der Waals surface area contributed by atoms with E-state index in [0.717, 1.165) is 39.1 Å². The van der Waals surface area contributed by atoms with Gasteiger partial charge in [-0.15, -0.1) is 0 Å². The molecule has 0 bridgehead atoms. The SMILES string of the molecule is CC1(C)CC2(CCC1COCc1ccccc1)OCCO2. The summed E-state index contributed by atoms with van der Waals surface area (Å²) in [5, 5.41) is 0. The highest BCUT2D eigenvalue weighted by Crippen LogP contribution is 2.48. The molecule has 1 unspecified atom stereocenters. The van der Waals surface area contributed by atoms with E-state index in [4.69, 9.17) is 14.2 Å². The third-order valence-electron chi connectivity index (χ3n) is 4.95. The Hall–Kier alpha value is -0.900. The maximum Gasteiger partial charge on any atom is 0.169 e. The second kappa shape index (κ2) is 6.07. The summed E-state index contributed by atoms with van der Waals surface area (Å²) in [7, 11) is 0. The van der Waals surface area contributed by atoms with Gasteiger partial charge in [-0.1, -0.05) is 44.2 Å². The molecule has 1 aliphatic carbocycles. The van der Waals surface area contributed by atoms with E-state index in [1.54, 1.807) is 0 Å². The standard InChI is InChI=1S/C18H26O3/c1-17(2)14-18(20-10-11-21-18)9-8-16(17)13-19-12-15-6-4-3-5-7-15/h3-7,16H,8-14H2,1-2H3. The highest BCUT2D eigenvalue weighted by atomic mass is 16.7. The molecule has 3 heteroatoms. The summed E-state index contributed by atoms with van der Waals surface area (Å²) in [6.07, 6.45) is 3.08. The second-order valence-electron chi connectivity index (χ2n) is 7.01. The Morgan fingerprint density at radius 3 is 2.52 bits per heavy atom. The number of hydrogen-bond donors (Lipinski definition) is 0. The molecule has 116 valence electrons. The van der Waals surface area contributed by atoms with Gasteiger partial charge in [0.05, 0.1) is 26.4 Å². The average Bonchev–Trinajstić information content (AvgIpc) is 2.90. The van der Waals surface area contributed by atoms with E-state index in [1.165, 1.54) is 5.56 Å². The van der Waals surface area contributed by atoms with E-state index in [0.29, 0.717) is 12.5 Å². The summed E-state index contributed by atoms with van der Waals surface area (Å²) in [6.45, 7) is 7.63. The third-order valence-corrected chi connectivity index (χ3v) is 4.95. The first-order chi connectivity index (χ1) is 10.1. The lowest BCUT2D eigenvalue weighted by Crippen LogP contribution is -2.45. The lowest BCUT2D eigenvalue weighted by atomic mass is 9.67. The Morgan fingerprint density at radius 1 is 1.14 bits per heavy atom. The van der Waals surface area contributed by atoms with Crippen molar-refractivity contribution in [1.82, 2.24) is 0 Å². The highest BCUT2D eigenvalue weighted by molar-refractivity contribution is 5.13. The molecule has 0 N–H and O–H groups in total. The van der Waals surface area contributed by atoms with E-state index in [-0.39, 0.29) is 11.2 Å². The maximum absolute atomic E-state index is 5.96. The summed E-state index contributed by atoms with van der Waals surface area (Å²) in [6, 6.07) is 10.4. The zero-order valence-electron chi connectivity index (χ0n) is 13.1. The van der Waals surface area contributed by atoms with Gasteiger partial charge in [0.25, 0.3) is 0 Å². The minimum atomic E-state index is -0.306. The molecule has 2 aliphatic rings. The van der Waals surface area contributed by atoms with Crippen molar-refractivity contribution in [2.45, 2.75) is 45.5 Å². The van der Waals surface area contributed by atoms with E-state index >= 15 is 0 Å². The van der Waals surface area contributed by atoms with Gasteiger partial charge in [0.1, 0.15) is 0 Å². The third kappa shape index (κ3) is 3.47. The van der Waals surface area contributed by atoms with Gasteiger partial charge in [-0.05, 0) is 23.3 Å². The fourth-order valence-corrected chi connectivity index (χ4v) is 3.66. The van der Waals surface area contributed by atoms with Crippen molar-refractivity contribution >= 4 is 0 Å². The average molecular weight is 290 g/mol. The largest absolute Gasteiger partial charge is 0.376 e. The van der Waals surface area contributed by atoms with Crippen molar-refractivity contribution in [3.8, 4) is 0 Å². The Balaban J connectivity index is 1.52. The van der Waals surface area contributed by atoms with Crippen LogP contribution in [0.2, 0.25) is 0 Å². The Bertz CT molecular complexity index is 449. The fourth-order valence-electron chi connectivity index (χ4n) is 3.66. The first kappa shape index (κ1) is 15.0. The summed E-state index contributed by atoms with van der Waals surface area (Å²) in [5.41, 5.74) is 1.43. The minimum absolute atomic E-state index is 0.194. The molecule has 1 aliphatic heterocycles. The van der Waals surface area contributed by atoms with Crippen molar-refractivity contribution < 1.29 is 14.2 Å². The van der Waals surface area contributed by atoms with Crippen LogP contribution in [-0.2, 0) is 20.8 Å². The normalized spacial score (nSPS) is 27.0. The van der Waals surface area contributed by atoms with Crippen molar-refractivity contribution in [1.29, 1.82) is 0 Å². The molecule has 3 rings (SSSR count). The molecule has 2 fully saturated rings. The van der Waals surface area contributed by atoms with Crippen LogP contribution in [0.5, 0.6) is 0 Å². The molecule has 1 heterocycles.